The lowest BCUT2D eigenvalue weighted by Crippen LogP contribution is -2.27. The van der Waals surface area contributed by atoms with Gasteiger partial charge in [0, 0.05) is 18.8 Å². The molecule has 0 bridgehead atoms. The largest absolute Gasteiger partial charge is 0.493 e. The number of esters is 1. The Labute approximate surface area is 156 Å². The molecule has 1 unspecified atom stereocenters. The minimum Gasteiger partial charge on any atom is -0.493 e. The minimum atomic E-state index is -0.565. The number of aromatic amines is 1. The summed E-state index contributed by atoms with van der Waals surface area (Å²) in [5.74, 6) is -1.82. The number of carbonyl (C=O) groups excluding carboxylic acids is 2. The molecule has 1 heterocycles. The molecule has 0 radical (unpaired) electrons. The van der Waals surface area contributed by atoms with E-state index in [9.17, 15) is 19.5 Å². The summed E-state index contributed by atoms with van der Waals surface area (Å²) in [5, 5.41) is 26.1. The quantitative estimate of drug-likeness (QED) is 0.495. The van der Waals surface area contributed by atoms with Gasteiger partial charge in [0.25, 0.3) is 12.0 Å². The number of aromatic nitrogens is 2. The number of hydrogen-bond acceptors (Lipinski definition) is 9. The van der Waals surface area contributed by atoms with Crippen LogP contribution in [0.4, 0.5) is 0 Å². The van der Waals surface area contributed by atoms with E-state index in [4.69, 9.17) is 10.5 Å². The molecule has 146 valence electrons. The Bertz CT molecular complexity index is 749. The number of carbonyl (C=O) groups is 2. The van der Waals surface area contributed by atoms with Gasteiger partial charge in [-0.2, -0.15) is 10.5 Å². The lowest BCUT2D eigenvalue weighted by atomic mass is 9.92. The molecule has 0 fully saturated rings. The fourth-order valence-electron chi connectivity index (χ4n) is 2.13. The van der Waals surface area contributed by atoms with Crippen LogP contribution in [0.2, 0.25) is 0 Å². The van der Waals surface area contributed by atoms with E-state index in [0.717, 1.165) is 6.33 Å². The predicted octanol–water partition coefficient (Wildman–Crippen LogP) is 0.991. The highest BCUT2D eigenvalue weighted by atomic mass is 16.5. The molecule has 0 aliphatic rings. The van der Waals surface area contributed by atoms with Gasteiger partial charge in [0.15, 0.2) is 0 Å². The van der Waals surface area contributed by atoms with Crippen LogP contribution in [-0.2, 0) is 19.1 Å². The topological polar surface area (TPSA) is 166 Å². The van der Waals surface area contributed by atoms with Crippen LogP contribution in [0, 0.1) is 34.5 Å². The zero-order valence-corrected chi connectivity index (χ0v) is 15.3. The van der Waals surface area contributed by atoms with Gasteiger partial charge in [0.1, 0.15) is 6.61 Å². The Hall–Kier alpha value is -3.40. The maximum Gasteiger partial charge on any atom is 0.312 e. The van der Waals surface area contributed by atoms with Crippen molar-refractivity contribution in [2.75, 3.05) is 13.7 Å². The Balaban J connectivity index is 0.000000501. The number of ether oxygens (including phenoxy) is 2. The molecule has 0 aliphatic heterocycles. The van der Waals surface area contributed by atoms with Gasteiger partial charge in [-0.1, -0.05) is 13.8 Å². The van der Waals surface area contributed by atoms with Crippen molar-refractivity contribution >= 4 is 12.4 Å². The monoisotopic (exact) mass is 378 g/mol. The molecule has 0 saturated heterocycles. The summed E-state index contributed by atoms with van der Waals surface area (Å²) in [7, 11) is 1.26. The Morgan fingerprint density at radius 1 is 1.37 bits per heavy atom. The highest BCUT2D eigenvalue weighted by molar-refractivity contribution is 5.72. The molecular formula is C17H22N4O6. The van der Waals surface area contributed by atoms with Crippen LogP contribution < -0.4 is 5.56 Å². The fraction of sp³-hybridized carbons (Fsp3) is 0.529. The standard InChI is InChI=1S/C9H13NO4.C8H9N3O2/c1-7(3-4-10)8(5-14-6-11)9(12)13-2;1-5(2-3-9)6-7(12)10-4-11-8(6)13/h6-8H,3,5H2,1-2H3;4-5H,2H2,1H3,(H2,10,11,12,13)/t7-,8?;5-/m11/s1. The van der Waals surface area contributed by atoms with Crippen molar-refractivity contribution in [1.29, 1.82) is 10.5 Å². The van der Waals surface area contributed by atoms with Crippen LogP contribution in [0.3, 0.4) is 0 Å². The number of H-pyrrole nitrogens is 1. The van der Waals surface area contributed by atoms with E-state index in [0.29, 0.717) is 0 Å². The second-order valence-electron chi connectivity index (χ2n) is 5.63. The van der Waals surface area contributed by atoms with Crippen LogP contribution >= 0.6 is 0 Å². The van der Waals surface area contributed by atoms with E-state index in [1.807, 2.05) is 12.1 Å². The van der Waals surface area contributed by atoms with Crippen LogP contribution in [0.1, 0.15) is 38.2 Å². The maximum absolute atomic E-state index is 11.2. The van der Waals surface area contributed by atoms with E-state index < -0.39 is 17.4 Å². The summed E-state index contributed by atoms with van der Waals surface area (Å²) < 4.78 is 9.03. The van der Waals surface area contributed by atoms with E-state index in [-0.39, 0.29) is 49.2 Å². The summed E-state index contributed by atoms with van der Waals surface area (Å²) >= 11 is 0. The Kier molecular flexibility index (Phi) is 11.3. The van der Waals surface area contributed by atoms with Crippen LogP contribution in [0.15, 0.2) is 11.1 Å². The van der Waals surface area contributed by atoms with Gasteiger partial charge in [-0.25, -0.2) is 4.98 Å². The van der Waals surface area contributed by atoms with Crippen molar-refractivity contribution in [3.8, 4) is 18.0 Å². The first-order chi connectivity index (χ1) is 12.8. The van der Waals surface area contributed by atoms with Gasteiger partial charge in [-0.3, -0.25) is 14.4 Å². The number of aromatic hydroxyl groups is 1. The zero-order chi connectivity index (χ0) is 20.8. The number of nitriles is 2. The molecule has 0 saturated carbocycles. The van der Waals surface area contributed by atoms with Gasteiger partial charge < -0.3 is 19.6 Å². The molecule has 10 nitrogen and oxygen atoms in total. The molecule has 1 aromatic heterocycles. The summed E-state index contributed by atoms with van der Waals surface area (Å²) in [6, 6.07) is 3.88. The highest BCUT2D eigenvalue weighted by Crippen LogP contribution is 2.20. The van der Waals surface area contributed by atoms with Crippen molar-refractivity contribution < 1.29 is 24.2 Å². The summed E-state index contributed by atoms with van der Waals surface area (Å²) in [6.07, 6.45) is 1.53. The van der Waals surface area contributed by atoms with E-state index in [2.05, 4.69) is 19.4 Å². The van der Waals surface area contributed by atoms with Crippen molar-refractivity contribution in [2.24, 2.45) is 11.8 Å². The molecular weight excluding hydrogens is 356 g/mol. The lowest BCUT2D eigenvalue weighted by Gasteiger charge is -2.17. The molecule has 1 aromatic rings. The summed E-state index contributed by atoms with van der Waals surface area (Å²) in [4.78, 5) is 38.2. The van der Waals surface area contributed by atoms with Gasteiger partial charge in [-0.15, -0.1) is 0 Å². The molecule has 0 aliphatic carbocycles. The van der Waals surface area contributed by atoms with Crippen LogP contribution in [0.25, 0.3) is 0 Å². The number of hydrogen-bond donors (Lipinski definition) is 2. The summed E-state index contributed by atoms with van der Waals surface area (Å²) in [6.45, 7) is 3.65. The van der Waals surface area contributed by atoms with Gasteiger partial charge >= 0.3 is 5.97 Å². The molecule has 0 spiro atoms. The maximum atomic E-state index is 11.2. The number of nitrogens with zero attached hydrogens (tertiary/aromatic N) is 3. The number of methoxy groups -OCH3 is 1. The van der Waals surface area contributed by atoms with Gasteiger partial charge in [0.2, 0.25) is 5.88 Å². The van der Waals surface area contributed by atoms with Crippen LogP contribution in [-0.4, -0.2) is 41.2 Å². The molecule has 0 aromatic carbocycles. The first-order valence-electron chi connectivity index (χ1n) is 7.97. The molecule has 1 rings (SSSR count). The second-order valence-corrected chi connectivity index (χ2v) is 5.63. The summed E-state index contributed by atoms with van der Waals surface area (Å²) in [5.41, 5.74) is -0.223. The third-order valence-corrected chi connectivity index (χ3v) is 3.71. The minimum absolute atomic E-state index is 0.0426. The van der Waals surface area contributed by atoms with Crippen molar-refractivity contribution in [2.45, 2.75) is 32.6 Å². The van der Waals surface area contributed by atoms with Crippen molar-refractivity contribution in [3.05, 3.63) is 22.2 Å². The number of nitrogens with one attached hydrogen (secondary N) is 1. The SMILES string of the molecule is COC(=O)C(COC=O)[C@H](C)CC#N.C[C@H](CC#N)c1c(O)nc[nH]c1=O. The third-order valence-electron chi connectivity index (χ3n) is 3.71. The first-order valence-corrected chi connectivity index (χ1v) is 7.97. The normalized spacial score (nSPS) is 12.8. The average Bonchev–Trinajstić information content (AvgIpc) is 2.62. The van der Waals surface area contributed by atoms with Crippen molar-refractivity contribution in [3.63, 3.8) is 0 Å². The Morgan fingerprint density at radius 2 is 2.00 bits per heavy atom. The third kappa shape index (κ3) is 8.01. The average molecular weight is 378 g/mol. The Morgan fingerprint density at radius 3 is 2.48 bits per heavy atom. The fourth-order valence-corrected chi connectivity index (χ4v) is 2.13. The predicted molar refractivity (Wildman–Crippen MR) is 92.1 cm³/mol. The van der Waals surface area contributed by atoms with E-state index >= 15 is 0 Å². The highest BCUT2D eigenvalue weighted by Gasteiger charge is 2.26. The lowest BCUT2D eigenvalue weighted by molar-refractivity contribution is -0.151. The van der Waals surface area contributed by atoms with E-state index in [1.54, 1.807) is 13.8 Å². The molecule has 10 heteroatoms. The molecule has 3 atom stereocenters. The second kappa shape index (κ2) is 12.9. The smallest absolute Gasteiger partial charge is 0.312 e. The molecule has 27 heavy (non-hydrogen) atoms. The van der Waals surface area contributed by atoms with Gasteiger partial charge in [-0.05, 0) is 5.92 Å². The van der Waals surface area contributed by atoms with Crippen LogP contribution in [0.5, 0.6) is 5.88 Å². The molecule has 0 amide bonds. The van der Waals surface area contributed by atoms with Crippen molar-refractivity contribution in [1.82, 2.24) is 9.97 Å². The van der Waals surface area contributed by atoms with Gasteiger partial charge in [0.05, 0.1) is 37.1 Å². The molecule has 2 N–H and O–H groups in total. The zero-order valence-electron chi connectivity index (χ0n) is 15.3. The first kappa shape index (κ1) is 23.6. The van der Waals surface area contributed by atoms with E-state index in [1.165, 1.54) is 7.11 Å². The number of rotatable bonds is 8.